The molecule has 2 aliphatic heterocycles. The van der Waals surface area contributed by atoms with E-state index in [2.05, 4.69) is 20.6 Å². The van der Waals surface area contributed by atoms with Crippen LogP contribution in [0.5, 0.6) is 0 Å². The lowest BCUT2D eigenvalue weighted by atomic mass is 9.95. The van der Waals surface area contributed by atoms with Gasteiger partial charge in [-0.2, -0.15) is 13.2 Å². The van der Waals surface area contributed by atoms with Crippen LogP contribution in [0.2, 0.25) is 0 Å². The summed E-state index contributed by atoms with van der Waals surface area (Å²) >= 11 is 0. The van der Waals surface area contributed by atoms with Crippen LogP contribution in [-0.2, 0) is 15.7 Å². The van der Waals surface area contributed by atoms with Crippen molar-refractivity contribution in [3.8, 4) is 0 Å². The highest BCUT2D eigenvalue weighted by Gasteiger charge is 2.41. The number of rotatable bonds is 5. The van der Waals surface area contributed by atoms with Gasteiger partial charge in [-0.05, 0) is 6.92 Å². The maximum Gasteiger partial charge on any atom is 0.434 e. The lowest BCUT2D eigenvalue weighted by molar-refractivity contribution is -0.145. The number of anilines is 1. The molecule has 0 bridgehead atoms. The number of aromatic nitrogens is 2. The fourth-order valence-electron chi connectivity index (χ4n) is 2.81. The molecule has 4 atom stereocenters. The van der Waals surface area contributed by atoms with E-state index in [1.807, 2.05) is 6.92 Å². The van der Waals surface area contributed by atoms with Crippen LogP contribution in [0.25, 0.3) is 0 Å². The third-order valence-corrected chi connectivity index (χ3v) is 4.46. The molecule has 0 spiro atoms. The van der Waals surface area contributed by atoms with E-state index in [4.69, 9.17) is 9.47 Å². The van der Waals surface area contributed by atoms with E-state index in [1.54, 1.807) is 0 Å². The van der Waals surface area contributed by atoms with Crippen molar-refractivity contribution in [1.29, 1.82) is 0 Å². The molecule has 1 aromatic rings. The van der Waals surface area contributed by atoms with Gasteiger partial charge in [0.1, 0.15) is 18.0 Å². The summed E-state index contributed by atoms with van der Waals surface area (Å²) < 4.78 is 48.8. The summed E-state index contributed by atoms with van der Waals surface area (Å²) in [5.41, 5.74) is -1.33. The molecule has 0 amide bonds. The number of alkyl halides is 3. The molecular weight excluding hydrogens is 357 g/mol. The molecule has 2 saturated heterocycles. The summed E-state index contributed by atoms with van der Waals surface area (Å²) in [4.78, 5) is 6.93. The van der Waals surface area contributed by atoms with Crippen molar-refractivity contribution >= 4 is 5.82 Å². The van der Waals surface area contributed by atoms with Crippen LogP contribution in [0.4, 0.5) is 19.0 Å². The number of nitrogens with one attached hydrogen (secondary N) is 2. The smallest absolute Gasteiger partial charge is 0.388 e. The Morgan fingerprint density at radius 3 is 2.62 bits per heavy atom. The summed E-state index contributed by atoms with van der Waals surface area (Å²) in [6.45, 7) is 3.39. The molecule has 2 aliphatic rings. The molecule has 0 saturated carbocycles. The van der Waals surface area contributed by atoms with E-state index < -0.39 is 36.2 Å². The van der Waals surface area contributed by atoms with E-state index in [9.17, 15) is 23.4 Å². The molecule has 0 unspecified atom stereocenters. The van der Waals surface area contributed by atoms with Crippen molar-refractivity contribution in [3.05, 3.63) is 18.1 Å². The molecule has 4 N–H and O–H groups in total. The van der Waals surface area contributed by atoms with Crippen LogP contribution < -0.4 is 10.6 Å². The second-order valence-corrected chi connectivity index (χ2v) is 6.83. The van der Waals surface area contributed by atoms with Crippen molar-refractivity contribution in [2.45, 2.75) is 43.0 Å². The van der Waals surface area contributed by atoms with Crippen LogP contribution in [0.15, 0.2) is 12.4 Å². The number of hydrogen-bond acceptors (Lipinski definition) is 8. The number of hydrogen-bond donors (Lipinski definition) is 4. The number of aliphatic hydroxyl groups is 2. The van der Waals surface area contributed by atoms with Gasteiger partial charge in [0.25, 0.3) is 0 Å². The first-order chi connectivity index (χ1) is 12.2. The Labute approximate surface area is 147 Å². The van der Waals surface area contributed by atoms with E-state index in [0.717, 1.165) is 6.20 Å². The molecule has 26 heavy (non-hydrogen) atoms. The predicted molar refractivity (Wildman–Crippen MR) is 83.4 cm³/mol. The van der Waals surface area contributed by atoms with Gasteiger partial charge in [0.15, 0.2) is 5.69 Å². The molecule has 0 aromatic carbocycles. The highest BCUT2D eigenvalue weighted by atomic mass is 19.4. The lowest BCUT2D eigenvalue weighted by Gasteiger charge is -2.43. The monoisotopic (exact) mass is 378 g/mol. The molecule has 8 nitrogen and oxygen atoms in total. The van der Waals surface area contributed by atoms with Gasteiger partial charge in [0, 0.05) is 6.54 Å². The van der Waals surface area contributed by atoms with Gasteiger partial charge in [-0.1, -0.05) is 0 Å². The minimum absolute atomic E-state index is 0.00425. The Morgan fingerprint density at radius 1 is 1.27 bits per heavy atom. The normalized spacial score (nSPS) is 31.3. The zero-order valence-electron chi connectivity index (χ0n) is 14.0. The van der Waals surface area contributed by atoms with E-state index in [1.165, 1.54) is 0 Å². The maximum atomic E-state index is 12.7. The van der Waals surface area contributed by atoms with Crippen molar-refractivity contribution in [2.24, 2.45) is 0 Å². The summed E-state index contributed by atoms with van der Waals surface area (Å²) in [7, 11) is 0. The quantitative estimate of drug-likeness (QED) is 0.557. The maximum absolute atomic E-state index is 12.7. The van der Waals surface area contributed by atoms with Crippen LogP contribution in [-0.4, -0.2) is 76.4 Å². The first-order valence-corrected chi connectivity index (χ1v) is 8.14. The third kappa shape index (κ3) is 4.23. The van der Waals surface area contributed by atoms with Crippen LogP contribution in [0.1, 0.15) is 12.6 Å². The van der Waals surface area contributed by atoms with Gasteiger partial charge in [-0.3, -0.25) is 4.98 Å². The SMILES string of the molecule is CC1(NC[C@H]2OC[C@H](Nc3cncc(C(F)(F)F)n3)[C@@H](O)[C@H]2O)COC1. The Kier molecular flexibility index (Phi) is 5.35. The van der Waals surface area contributed by atoms with Gasteiger partial charge in [0.2, 0.25) is 0 Å². The Balaban J connectivity index is 1.58. The first kappa shape index (κ1) is 19.2. The standard InChI is InChI=1S/C15H21F3N4O4/c1-14(6-25-7-14)20-2-9-13(24)12(23)8(5-26-9)21-11-4-19-3-10(22-11)15(16,17)18/h3-4,8-9,12-13,20,23-24H,2,5-7H2,1H3,(H,21,22)/t8-,9+,12+,13-/m0/s1. The van der Waals surface area contributed by atoms with Crippen molar-refractivity contribution in [2.75, 3.05) is 31.7 Å². The molecule has 1 aromatic heterocycles. The molecule has 0 radical (unpaired) electrons. The minimum Gasteiger partial charge on any atom is -0.388 e. The fraction of sp³-hybridized carbons (Fsp3) is 0.733. The number of halogens is 3. The molecule has 3 heterocycles. The van der Waals surface area contributed by atoms with Gasteiger partial charge in [0.05, 0.1) is 49.9 Å². The molecule has 3 rings (SSSR count). The average molecular weight is 378 g/mol. The lowest BCUT2D eigenvalue weighted by Crippen LogP contribution is -2.63. The molecule has 2 fully saturated rings. The van der Waals surface area contributed by atoms with E-state index >= 15 is 0 Å². The van der Waals surface area contributed by atoms with Gasteiger partial charge in [-0.25, -0.2) is 4.98 Å². The molecule has 0 aliphatic carbocycles. The highest BCUT2D eigenvalue weighted by Crippen LogP contribution is 2.28. The Morgan fingerprint density at radius 2 is 2.00 bits per heavy atom. The minimum atomic E-state index is -4.62. The number of ether oxygens (including phenoxy) is 2. The van der Waals surface area contributed by atoms with Crippen LogP contribution in [0, 0.1) is 0 Å². The summed E-state index contributed by atoms with van der Waals surface area (Å²) in [5, 5.41) is 26.4. The van der Waals surface area contributed by atoms with Crippen molar-refractivity contribution < 1.29 is 32.9 Å². The van der Waals surface area contributed by atoms with E-state index in [-0.39, 0.29) is 18.0 Å². The second kappa shape index (κ2) is 7.24. The predicted octanol–water partition coefficient (Wildman–Crippen LogP) is -0.225. The van der Waals surface area contributed by atoms with E-state index in [0.29, 0.717) is 26.0 Å². The second-order valence-electron chi connectivity index (χ2n) is 6.83. The summed E-state index contributed by atoms with van der Waals surface area (Å²) in [6.07, 6.45) is -5.99. The Hall–Kier alpha value is -1.53. The van der Waals surface area contributed by atoms with Gasteiger partial charge < -0.3 is 30.3 Å². The largest absolute Gasteiger partial charge is 0.434 e. The fourth-order valence-corrected chi connectivity index (χ4v) is 2.81. The zero-order valence-corrected chi connectivity index (χ0v) is 14.0. The Bertz CT molecular complexity index is 629. The molecule has 146 valence electrons. The number of aliphatic hydroxyl groups excluding tert-OH is 2. The highest BCUT2D eigenvalue weighted by molar-refractivity contribution is 5.34. The van der Waals surface area contributed by atoms with Crippen LogP contribution in [0.3, 0.4) is 0 Å². The van der Waals surface area contributed by atoms with Gasteiger partial charge >= 0.3 is 6.18 Å². The topological polar surface area (TPSA) is 109 Å². The molecule has 11 heteroatoms. The van der Waals surface area contributed by atoms with Crippen molar-refractivity contribution in [1.82, 2.24) is 15.3 Å². The summed E-state index contributed by atoms with van der Waals surface area (Å²) in [5.74, 6) is -0.157. The average Bonchev–Trinajstić information content (AvgIpc) is 2.56. The zero-order chi connectivity index (χ0) is 18.9. The van der Waals surface area contributed by atoms with Crippen LogP contribution >= 0.6 is 0 Å². The van der Waals surface area contributed by atoms with Crippen molar-refractivity contribution in [3.63, 3.8) is 0 Å². The first-order valence-electron chi connectivity index (χ1n) is 8.14. The third-order valence-electron chi connectivity index (χ3n) is 4.46. The molecular formula is C15H21F3N4O4. The van der Waals surface area contributed by atoms with Gasteiger partial charge in [-0.15, -0.1) is 0 Å². The summed E-state index contributed by atoms with van der Waals surface area (Å²) in [6, 6.07) is -0.818. The number of nitrogens with zero attached hydrogens (tertiary/aromatic N) is 2.